The monoisotopic (exact) mass is 386 g/mol. The molecule has 3 aromatic rings. The number of nitrogen functional groups attached to an aromatic ring is 1. The molecule has 0 spiro atoms. The van der Waals surface area contributed by atoms with Crippen LogP contribution < -0.4 is 15.2 Å². The fourth-order valence-electron chi connectivity index (χ4n) is 3.21. The second-order valence-electron chi connectivity index (χ2n) is 6.89. The summed E-state index contributed by atoms with van der Waals surface area (Å²) in [4.78, 5) is 0. The van der Waals surface area contributed by atoms with Gasteiger partial charge in [-0.2, -0.15) is 0 Å². The van der Waals surface area contributed by atoms with Gasteiger partial charge in [0.2, 0.25) is 0 Å². The molecule has 0 heterocycles. The van der Waals surface area contributed by atoms with Crippen LogP contribution in [0.4, 0.5) is 0 Å². The van der Waals surface area contributed by atoms with Crippen LogP contribution >= 0.6 is 0 Å². The number of nitrogens with one attached hydrogen (secondary N) is 1. The molecule has 4 nitrogen and oxygen atoms in total. The van der Waals surface area contributed by atoms with Crippen LogP contribution in [0.2, 0.25) is 0 Å². The van der Waals surface area contributed by atoms with Crippen molar-refractivity contribution in [3.8, 4) is 11.5 Å². The molecule has 0 aliphatic rings. The summed E-state index contributed by atoms with van der Waals surface area (Å²) in [5.74, 6) is 1.78. The topological polar surface area (TPSA) is 68.3 Å². The van der Waals surface area contributed by atoms with E-state index in [-0.39, 0.29) is 5.84 Å². The summed E-state index contributed by atoms with van der Waals surface area (Å²) in [5.41, 5.74) is 11.1. The van der Waals surface area contributed by atoms with Crippen molar-refractivity contribution in [1.29, 1.82) is 5.41 Å². The first-order valence-corrected chi connectivity index (χ1v) is 9.47. The van der Waals surface area contributed by atoms with Crippen molar-refractivity contribution in [1.82, 2.24) is 0 Å². The highest BCUT2D eigenvalue weighted by atomic mass is 16.5. The fourth-order valence-corrected chi connectivity index (χ4v) is 3.21. The minimum Gasteiger partial charge on any atom is -0.497 e. The van der Waals surface area contributed by atoms with Gasteiger partial charge in [-0.25, -0.2) is 0 Å². The smallest absolute Gasteiger partial charge is 0.122 e. The SMILES string of the molecule is COc1ccc(CC(=Cc2cccc(C(=N)N)c2)Cc2ccc(OC)cc2)cc1. The summed E-state index contributed by atoms with van der Waals surface area (Å²) in [6.07, 6.45) is 3.82. The van der Waals surface area contributed by atoms with Crippen molar-refractivity contribution in [2.45, 2.75) is 12.8 Å². The number of ether oxygens (including phenoxy) is 2. The molecule has 0 atom stereocenters. The van der Waals surface area contributed by atoms with Crippen LogP contribution in [0.3, 0.4) is 0 Å². The highest BCUT2D eigenvalue weighted by Gasteiger charge is 2.05. The van der Waals surface area contributed by atoms with E-state index < -0.39 is 0 Å². The van der Waals surface area contributed by atoms with Crippen LogP contribution in [0.1, 0.15) is 22.3 Å². The average molecular weight is 386 g/mol. The lowest BCUT2D eigenvalue weighted by Crippen LogP contribution is -2.10. The predicted molar refractivity (Wildman–Crippen MR) is 119 cm³/mol. The van der Waals surface area contributed by atoms with E-state index in [4.69, 9.17) is 20.6 Å². The van der Waals surface area contributed by atoms with Crippen LogP contribution in [0, 0.1) is 5.41 Å². The highest BCUT2D eigenvalue weighted by molar-refractivity contribution is 5.95. The summed E-state index contributed by atoms with van der Waals surface area (Å²) in [6, 6.07) is 24.1. The lowest BCUT2D eigenvalue weighted by Gasteiger charge is -2.11. The molecule has 3 aromatic carbocycles. The van der Waals surface area contributed by atoms with E-state index in [2.05, 4.69) is 30.3 Å². The van der Waals surface area contributed by atoms with Gasteiger partial charge in [0.25, 0.3) is 0 Å². The lowest BCUT2D eigenvalue weighted by atomic mass is 9.95. The highest BCUT2D eigenvalue weighted by Crippen LogP contribution is 2.21. The van der Waals surface area contributed by atoms with Crippen LogP contribution in [-0.4, -0.2) is 20.1 Å². The van der Waals surface area contributed by atoms with Crippen LogP contribution in [0.25, 0.3) is 6.08 Å². The molecule has 3 rings (SSSR count). The summed E-state index contributed by atoms with van der Waals surface area (Å²) in [5, 5.41) is 7.68. The molecular weight excluding hydrogens is 360 g/mol. The van der Waals surface area contributed by atoms with E-state index in [0.717, 1.165) is 35.5 Å². The van der Waals surface area contributed by atoms with Crippen LogP contribution in [0.15, 0.2) is 78.4 Å². The quantitative estimate of drug-likeness (QED) is 0.429. The standard InChI is InChI=1S/C25H26N2O2/c1-28-23-10-6-18(7-11-23)14-21(15-19-8-12-24(29-2)13-9-19)16-20-4-3-5-22(17-20)25(26)27/h3-13,16-17H,14-15H2,1-2H3,(H3,26,27). The van der Waals surface area contributed by atoms with E-state index in [1.807, 2.05) is 48.5 Å². The van der Waals surface area contributed by atoms with Crippen LogP contribution in [-0.2, 0) is 12.8 Å². The molecule has 0 saturated carbocycles. The third-order valence-corrected chi connectivity index (χ3v) is 4.75. The largest absolute Gasteiger partial charge is 0.497 e. The van der Waals surface area contributed by atoms with Crippen molar-refractivity contribution in [3.05, 3.63) is 101 Å². The lowest BCUT2D eigenvalue weighted by molar-refractivity contribution is 0.414. The van der Waals surface area contributed by atoms with Crippen molar-refractivity contribution >= 4 is 11.9 Å². The minimum absolute atomic E-state index is 0.0760. The molecular formula is C25H26N2O2. The van der Waals surface area contributed by atoms with Gasteiger partial charge in [-0.1, -0.05) is 54.1 Å². The number of hydrogen-bond acceptors (Lipinski definition) is 3. The van der Waals surface area contributed by atoms with Gasteiger partial charge in [0.1, 0.15) is 17.3 Å². The molecule has 0 bridgehead atoms. The van der Waals surface area contributed by atoms with Gasteiger partial charge < -0.3 is 15.2 Å². The molecule has 0 fully saturated rings. The Labute approximate surface area is 172 Å². The van der Waals surface area contributed by atoms with Crippen molar-refractivity contribution < 1.29 is 9.47 Å². The zero-order valence-corrected chi connectivity index (χ0v) is 16.8. The fraction of sp³-hybridized carbons (Fsp3) is 0.160. The molecule has 0 aliphatic carbocycles. The number of methoxy groups -OCH3 is 2. The van der Waals surface area contributed by atoms with Gasteiger partial charge in [-0.15, -0.1) is 0 Å². The molecule has 0 saturated heterocycles. The van der Waals surface area contributed by atoms with Crippen LogP contribution in [0.5, 0.6) is 11.5 Å². The predicted octanol–water partition coefficient (Wildman–Crippen LogP) is 4.86. The zero-order valence-electron chi connectivity index (χ0n) is 16.8. The summed E-state index contributed by atoms with van der Waals surface area (Å²) < 4.78 is 10.5. The number of benzene rings is 3. The van der Waals surface area contributed by atoms with Gasteiger partial charge in [-0.3, -0.25) is 5.41 Å². The Morgan fingerprint density at radius 2 is 1.34 bits per heavy atom. The molecule has 0 unspecified atom stereocenters. The zero-order chi connectivity index (χ0) is 20.6. The van der Waals surface area contributed by atoms with Gasteiger partial charge >= 0.3 is 0 Å². The second-order valence-corrected chi connectivity index (χ2v) is 6.89. The molecule has 0 radical (unpaired) electrons. The van der Waals surface area contributed by atoms with Crippen molar-refractivity contribution in [3.63, 3.8) is 0 Å². The maximum Gasteiger partial charge on any atom is 0.122 e. The Kier molecular flexibility index (Phi) is 6.69. The summed E-state index contributed by atoms with van der Waals surface area (Å²) in [7, 11) is 3.35. The number of amidine groups is 1. The molecule has 0 aromatic heterocycles. The van der Waals surface area contributed by atoms with Crippen molar-refractivity contribution in [2.24, 2.45) is 5.73 Å². The minimum atomic E-state index is 0.0760. The Morgan fingerprint density at radius 1 is 0.828 bits per heavy atom. The molecule has 3 N–H and O–H groups in total. The van der Waals surface area contributed by atoms with E-state index in [1.54, 1.807) is 14.2 Å². The van der Waals surface area contributed by atoms with Gasteiger partial charge in [-0.05, 0) is 59.9 Å². The Bertz CT molecular complexity index is 939. The number of hydrogen-bond donors (Lipinski definition) is 2. The van der Waals surface area contributed by atoms with Gasteiger partial charge in [0.15, 0.2) is 0 Å². The molecule has 0 aliphatic heterocycles. The Morgan fingerprint density at radius 3 is 1.79 bits per heavy atom. The summed E-state index contributed by atoms with van der Waals surface area (Å²) in [6.45, 7) is 0. The molecule has 4 heteroatoms. The first-order valence-electron chi connectivity index (χ1n) is 9.47. The van der Waals surface area contributed by atoms with Gasteiger partial charge in [0.05, 0.1) is 14.2 Å². The second kappa shape index (κ2) is 9.60. The normalized spacial score (nSPS) is 10.3. The third kappa shape index (κ3) is 5.72. The first kappa shape index (κ1) is 20.2. The number of nitrogens with two attached hydrogens (primary N) is 1. The van der Waals surface area contributed by atoms with E-state index in [0.29, 0.717) is 0 Å². The summed E-state index contributed by atoms with van der Waals surface area (Å²) >= 11 is 0. The van der Waals surface area contributed by atoms with E-state index >= 15 is 0 Å². The average Bonchev–Trinajstić information content (AvgIpc) is 2.75. The third-order valence-electron chi connectivity index (χ3n) is 4.75. The maximum atomic E-state index is 7.68. The van der Waals surface area contributed by atoms with E-state index in [1.165, 1.54) is 16.7 Å². The van der Waals surface area contributed by atoms with Gasteiger partial charge in [0, 0.05) is 5.56 Å². The van der Waals surface area contributed by atoms with E-state index in [9.17, 15) is 0 Å². The Balaban J connectivity index is 1.90. The van der Waals surface area contributed by atoms with Crippen molar-refractivity contribution in [2.75, 3.05) is 14.2 Å². The Hall–Kier alpha value is -3.53. The molecule has 0 amide bonds. The first-order chi connectivity index (χ1) is 14.1. The molecule has 148 valence electrons. The number of rotatable bonds is 8. The molecule has 29 heavy (non-hydrogen) atoms. The number of allylic oxidation sites excluding steroid dienone is 1. The maximum absolute atomic E-state index is 7.68.